The van der Waals surface area contributed by atoms with Crippen LogP contribution in [-0.4, -0.2) is 42.4 Å². The number of likely N-dealkylation sites (N-methyl/N-ethyl adjacent to an activating group) is 1. The largest absolute Gasteiger partial charge is 0.416 e. The monoisotopic (exact) mass is 411 g/mol. The number of rotatable bonds is 5. The molecule has 1 aliphatic heterocycles. The summed E-state index contributed by atoms with van der Waals surface area (Å²) in [5.74, 6) is -0.367. The van der Waals surface area contributed by atoms with Crippen molar-refractivity contribution in [2.75, 3.05) is 13.6 Å². The quantitative estimate of drug-likeness (QED) is 0.783. The summed E-state index contributed by atoms with van der Waals surface area (Å²) in [5.41, 5.74) is 0.0954. The van der Waals surface area contributed by atoms with E-state index in [0.29, 0.717) is 19.5 Å². The van der Waals surface area contributed by atoms with E-state index in [1.807, 2.05) is 0 Å². The van der Waals surface area contributed by atoms with Gasteiger partial charge in [0, 0.05) is 44.6 Å². The minimum absolute atomic E-state index is 0.0228. The maximum Gasteiger partial charge on any atom is 0.416 e. The average molecular weight is 411 g/mol. The normalized spacial score (nSPS) is 23.9. The summed E-state index contributed by atoms with van der Waals surface area (Å²) in [6.45, 7) is 0.937. The first-order chi connectivity index (χ1) is 13.7. The molecule has 0 radical (unpaired) electrons. The average Bonchev–Trinajstić information content (AvgIpc) is 3.47. The van der Waals surface area contributed by atoms with Gasteiger partial charge in [0.25, 0.3) is 0 Å². The minimum atomic E-state index is -4.34. The molecule has 3 rings (SSSR count). The molecule has 0 bridgehead atoms. The summed E-state index contributed by atoms with van der Waals surface area (Å²) in [6, 6.07) is 5.41. The molecule has 8 heteroatoms. The van der Waals surface area contributed by atoms with Gasteiger partial charge in [0.15, 0.2) is 0 Å². The molecular formula is C21H28F3N3O2. The van der Waals surface area contributed by atoms with Crippen LogP contribution in [0.25, 0.3) is 0 Å². The SMILES string of the molecule is CN1C[C@H](NCc2ccc(C(F)(F)F)cc2)CCC[C@@H](C(=O)NC2CC2)CC1=O. The van der Waals surface area contributed by atoms with Gasteiger partial charge in [0.1, 0.15) is 0 Å². The van der Waals surface area contributed by atoms with Crippen molar-refractivity contribution in [3.63, 3.8) is 0 Å². The first-order valence-electron chi connectivity index (χ1n) is 10.2. The first-order valence-corrected chi connectivity index (χ1v) is 10.2. The van der Waals surface area contributed by atoms with E-state index in [4.69, 9.17) is 0 Å². The molecule has 29 heavy (non-hydrogen) atoms. The zero-order valence-electron chi connectivity index (χ0n) is 16.6. The Bertz CT molecular complexity index is 717. The molecule has 2 amide bonds. The van der Waals surface area contributed by atoms with Gasteiger partial charge in [-0.15, -0.1) is 0 Å². The Hall–Kier alpha value is -2.09. The number of nitrogens with zero attached hydrogens (tertiary/aromatic N) is 1. The molecule has 1 aliphatic carbocycles. The molecule has 1 saturated heterocycles. The van der Waals surface area contributed by atoms with Gasteiger partial charge in [-0.05, 0) is 43.4 Å². The van der Waals surface area contributed by atoms with E-state index in [-0.39, 0.29) is 36.2 Å². The highest BCUT2D eigenvalue weighted by Crippen LogP contribution is 2.29. The second kappa shape index (κ2) is 9.15. The molecule has 0 unspecified atom stereocenters. The van der Waals surface area contributed by atoms with E-state index < -0.39 is 11.7 Å². The Morgan fingerprint density at radius 2 is 1.79 bits per heavy atom. The van der Waals surface area contributed by atoms with Crippen LogP contribution >= 0.6 is 0 Å². The van der Waals surface area contributed by atoms with Crippen LogP contribution in [0, 0.1) is 5.92 Å². The van der Waals surface area contributed by atoms with Crippen LogP contribution in [0.2, 0.25) is 0 Å². The van der Waals surface area contributed by atoms with Crippen molar-refractivity contribution in [3.8, 4) is 0 Å². The second-order valence-electron chi connectivity index (χ2n) is 8.16. The summed E-state index contributed by atoms with van der Waals surface area (Å²) in [4.78, 5) is 26.5. The second-order valence-corrected chi connectivity index (χ2v) is 8.16. The van der Waals surface area contributed by atoms with E-state index in [1.165, 1.54) is 12.1 Å². The van der Waals surface area contributed by atoms with Crippen LogP contribution in [0.5, 0.6) is 0 Å². The predicted molar refractivity (Wildman–Crippen MR) is 103 cm³/mol. The van der Waals surface area contributed by atoms with Crippen molar-refractivity contribution in [1.29, 1.82) is 0 Å². The zero-order valence-corrected chi connectivity index (χ0v) is 16.6. The van der Waals surface area contributed by atoms with Gasteiger partial charge >= 0.3 is 6.18 Å². The van der Waals surface area contributed by atoms with Gasteiger partial charge in [-0.1, -0.05) is 18.6 Å². The van der Waals surface area contributed by atoms with Crippen LogP contribution in [-0.2, 0) is 22.3 Å². The molecule has 2 fully saturated rings. The van der Waals surface area contributed by atoms with Crippen LogP contribution in [0.15, 0.2) is 24.3 Å². The molecule has 1 saturated carbocycles. The number of carbonyl (C=O) groups excluding carboxylic acids is 2. The van der Waals surface area contributed by atoms with Gasteiger partial charge in [0.2, 0.25) is 11.8 Å². The summed E-state index contributed by atoms with van der Waals surface area (Å²) < 4.78 is 38.0. The van der Waals surface area contributed by atoms with Crippen LogP contribution in [0.4, 0.5) is 13.2 Å². The van der Waals surface area contributed by atoms with Gasteiger partial charge < -0.3 is 15.5 Å². The Morgan fingerprint density at radius 1 is 1.10 bits per heavy atom. The lowest BCUT2D eigenvalue weighted by Gasteiger charge is -2.24. The third-order valence-corrected chi connectivity index (χ3v) is 5.62. The van der Waals surface area contributed by atoms with Crippen LogP contribution in [0.1, 0.15) is 49.7 Å². The number of alkyl halides is 3. The highest BCUT2D eigenvalue weighted by Gasteiger charge is 2.31. The van der Waals surface area contributed by atoms with Crippen molar-refractivity contribution in [1.82, 2.24) is 15.5 Å². The van der Waals surface area contributed by atoms with E-state index >= 15 is 0 Å². The number of hydrogen-bond donors (Lipinski definition) is 2. The van der Waals surface area contributed by atoms with E-state index in [0.717, 1.165) is 43.4 Å². The number of nitrogens with one attached hydrogen (secondary N) is 2. The molecule has 1 aromatic rings. The topological polar surface area (TPSA) is 61.4 Å². The minimum Gasteiger partial charge on any atom is -0.353 e. The first kappa shape index (κ1) is 21.6. The Morgan fingerprint density at radius 3 is 2.41 bits per heavy atom. The fourth-order valence-electron chi connectivity index (χ4n) is 3.61. The lowest BCUT2D eigenvalue weighted by atomic mass is 9.96. The molecule has 5 nitrogen and oxygen atoms in total. The molecular weight excluding hydrogens is 383 g/mol. The molecule has 1 heterocycles. The van der Waals surface area contributed by atoms with E-state index in [2.05, 4.69) is 10.6 Å². The number of benzene rings is 1. The lowest BCUT2D eigenvalue weighted by Crippen LogP contribution is -2.42. The van der Waals surface area contributed by atoms with Gasteiger partial charge in [-0.3, -0.25) is 9.59 Å². The van der Waals surface area contributed by atoms with Gasteiger partial charge in [-0.25, -0.2) is 0 Å². The number of hydrogen-bond acceptors (Lipinski definition) is 3. The zero-order chi connectivity index (χ0) is 21.0. The summed E-state index contributed by atoms with van der Waals surface area (Å²) in [6.07, 6.45) is 0.191. The van der Waals surface area contributed by atoms with Crippen LogP contribution < -0.4 is 10.6 Å². The third kappa shape index (κ3) is 6.45. The van der Waals surface area contributed by atoms with Crippen molar-refractivity contribution < 1.29 is 22.8 Å². The Balaban J connectivity index is 1.55. The van der Waals surface area contributed by atoms with Crippen LogP contribution in [0.3, 0.4) is 0 Å². The summed E-state index contributed by atoms with van der Waals surface area (Å²) >= 11 is 0. The molecule has 2 N–H and O–H groups in total. The van der Waals surface area contributed by atoms with E-state index in [1.54, 1.807) is 11.9 Å². The van der Waals surface area contributed by atoms with Crippen molar-refractivity contribution in [2.24, 2.45) is 5.92 Å². The van der Waals surface area contributed by atoms with Gasteiger partial charge in [-0.2, -0.15) is 13.2 Å². The maximum absolute atomic E-state index is 12.7. The standard InChI is InChI=1S/C21H28F3N3O2/c1-27-13-18(25-12-14-5-7-16(8-6-14)21(22,23)24)4-2-3-15(11-19(27)28)20(29)26-17-9-10-17/h5-8,15,17-18,25H,2-4,9-13H2,1H3,(H,26,29)/t15-,18-/m1/s1. The van der Waals surface area contributed by atoms with E-state index in [9.17, 15) is 22.8 Å². The highest BCUT2D eigenvalue weighted by atomic mass is 19.4. The number of halogens is 3. The molecule has 160 valence electrons. The Labute approximate surface area is 169 Å². The number of carbonyl (C=O) groups is 2. The fourth-order valence-corrected chi connectivity index (χ4v) is 3.61. The van der Waals surface area contributed by atoms with Crippen molar-refractivity contribution >= 4 is 11.8 Å². The lowest BCUT2D eigenvalue weighted by molar-refractivity contribution is -0.137. The molecule has 0 spiro atoms. The molecule has 2 atom stereocenters. The summed E-state index contributed by atoms with van der Waals surface area (Å²) in [7, 11) is 1.73. The van der Waals surface area contributed by atoms with Crippen molar-refractivity contribution in [3.05, 3.63) is 35.4 Å². The third-order valence-electron chi connectivity index (χ3n) is 5.62. The summed E-state index contributed by atoms with van der Waals surface area (Å²) in [5, 5.41) is 6.35. The van der Waals surface area contributed by atoms with Crippen molar-refractivity contribution in [2.45, 2.75) is 63.3 Å². The molecule has 1 aromatic carbocycles. The molecule has 0 aromatic heterocycles. The predicted octanol–water partition coefficient (Wildman–Crippen LogP) is 3.09. The fraction of sp³-hybridized carbons (Fsp3) is 0.619. The number of amides is 2. The Kier molecular flexibility index (Phi) is 6.82. The molecule has 2 aliphatic rings. The smallest absolute Gasteiger partial charge is 0.353 e. The van der Waals surface area contributed by atoms with Gasteiger partial charge in [0.05, 0.1) is 5.56 Å². The maximum atomic E-state index is 12.7. The highest BCUT2D eigenvalue weighted by molar-refractivity contribution is 5.86.